The molecule has 0 spiro atoms. The van der Waals surface area contributed by atoms with E-state index in [1.54, 1.807) is 50.4 Å². The first kappa shape index (κ1) is 20.1. The van der Waals surface area contributed by atoms with Gasteiger partial charge in [0, 0.05) is 11.1 Å². The van der Waals surface area contributed by atoms with E-state index in [1.165, 1.54) is 0 Å². The van der Waals surface area contributed by atoms with Gasteiger partial charge < -0.3 is 19.6 Å². The molecule has 1 amide bonds. The van der Waals surface area contributed by atoms with Crippen LogP contribution in [0.2, 0.25) is 0 Å². The Hall–Kier alpha value is -3.20. The molecule has 3 N–H and O–H groups in total. The second-order valence-electron chi connectivity index (χ2n) is 7.28. The number of amides is 1. The van der Waals surface area contributed by atoms with Gasteiger partial charge in [-0.15, -0.1) is 0 Å². The lowest BCUT2D eigenvalue weighted by Crippen LogP contribution is -2.19. The number of ether oxygens (including phenoxy) is 2. The predicted octanol–water partition coefficient (Wildman–Crippen LogP) is 2.79. The Balaban J connectivity index is 1.60. The van der Waals surface area contributed by atoms with E-state index in [2.05, 4.69) is 15.3 Å². The van der Waals surface area contributed by atoms with Crippen molar-refractivity contribution in [2.45, 2.75) is 6.23 Å². The molecule has 0 fully saturated rings. The minimum absolute atomic E-state index is 0.302. The third kappa shape index (κ3) is 3.80. The van der Waals surface area contributed by atoms with Gasteiger partial charge in [0.25, 0.3) is 5.91 Å². The van der Waals surface area contributed by atoms with Crippen LogP contribution in [0.5, 0.6) is 5.75 Å². The van der Waals surface area contributed by atoms with Crippen LogP contribution in [0, 0.1) is 0 Å². The highest BCUT2D eigenvalue weighted by molar-refractivity contribution is 6.04. The first-order valence-corrected chi connectivity index (χ1v) is 9.57. The molecule has 4 rings (SSSR count). The highest BCUT2D eigenvalue weighted by atomic mass is 16.5. The largest absolute Gasteiger partial charge is 0.494 e. The van der Waals surface area contributed by atoms with Gasteiger partial charge in [-0.3, -0.25) is 15.0 Å². The second kappa shape index (κ2) is 8.27. The first-order chi connectivity index (χ1) is 14.5. The van der Waals surface area contributed by atoms with Crippen molar-refractivity contribution in [3.8, 4) is 5.75 Å². The number of anilines is 1. The van der Waals surface area contributed by atoms with Gasteiger partial charge in [-0.2, -0.15) is 0 Å². The van der Waals surface area contributed by atoms with Gasteiger partial charge in [-0.1, -0.05) is 18.2 Å². The number of rotatable bonds is 6. The quantitative estimate of drug-likeness (QED) is 0.543. The molecule has 1 aromatic heterocycles. The fraction of sp³-hybridized carbons (Fsp3) is 0.273. The first-order valence-electron chi connectivity index (χ1n) is 9.57. The van der Waals surface area contributed by atoms with Crippen LogP contribution in [-0.2, 0) is 4.74 Å². The second-order valence-corrected chi connectivity index (χ2v) is 7.28. The predicted molar refractivity (Wildman–Crippen MR) is 114 cm³/mol. The third-order valence-electron chi connectivity index (χ3n) is 5.07. The van der Waals surface area contributed by atoms with E-state index in [0.29, 0.717) is 47.1 Å². The number of fused-ring (bicyclic) bond motifs is 1. The number of nitrogens with zero attached hydrogens (tertiary/aromatic N) is 2. The number of benzene rings is 2. The maximum atomic E-state index is 12.7. The number of aromatic nitrogens is 2. The normalized spacial score (nSPS) is 14.8. The standard InChI is InChI=1S/C22H24N4O4/c1-26(2)21(28)14-6-4-13(5-7-14)20(27)25-22-23-18-16(15-10-11-30-12-15)8-9-17(29-3)19(18)24-22/h4-10,21,28H,11-12H2,1-3H3,(H2,23,24,25,27). The number of H-pyrrole nitrogens is 1. The molecule has 1 unspecified atom stereocenters. The number of aliphatic hydroxyl groups excluding tert-OH is 1. The van der Waals surface area contributed by atoms with Crippen LogP contribution >= 0.6 is 0 Å². The molecule has 1 aliphatic heterocycles. The number of aromatic amines is 1. The van der Waals surface area contributed by atoms with E-state index in [0.717, 1.165) is 11.1 Å². The Labute approximate surface area is 174 Å². The molecule has 156 valence electrons. The number of nitrogens with one attached hydrogen (secondary N) is 2. The number of hydrogen-bond acceptors (Lipinski definition) is 6. The van der Waals surface area contributed by atoms with Crippen molar-refractivity contribution in [3.63, 3.8) is 0 Å². The van der Waals surface area contributed by atoms with Crippen LogP contribution in [0.3, 0.4) is 0 Å². The summed E-state index contributed by atoms with van der Waals surface area (Å²) in [4.78, 5) is 22.1. The lowest BCUT2D eigenvalue weighted by atomic mass is 10.1. The van der Waals surface area contributed by atoms with E-state index in [4.69, 9.17) is 9.47 Å². The van der Waals surface area contributed by atoms with Gasteiger partial charge in [0.2, 0.25) is 5.95 Å². The van der Waals surface area contributed by atoms with E-state index in [1.807, 2.05) is 18.2 Å². The van der Waals surface area contributed by atoms with E-state index < -0.39 is 6.23 Å². The van der Waals surface area contributed by atoms with Crippen molar-refractivity contribution in [1.82, 2.24) is 14.9 Å². The Morgan fingerprint density at radius 1 is 1.27 bits per heavy atom. The van der Waals surface area contributed by atoms with Crippen LogP contribution in [0.25, 0.3) is 16.6 Å². The number of methoxy groups -OCH3 is 1. The fourth-order valence-corrected chi connectivity index (χ4v) is 3.42. The molecule has 1 atom stereocenters. The zero-order valence-corrected chi connectivity index (χ0v) is 17.1. The average Bonchev–Trinajstić information content (AvgIpc) is 3.42. The summed E-state index contributed by atoms with van der Waals surface area (Å²) in [6.07, 6.45) is 1.30. The molecule has 3 aromatic rings. The van der Waals surface area contributed by atoms with Crippen molar-refractivity contribution in [3.05, 3.63) is 59.2 Å². The molecular weight excluding hydrogens is 384 g/mol. The lowest BCUT2D eigenvalue weighted by molar-refractivity contribution is 0.0395. The van der Waals surface area contributed by atoms with Crippen molar-refractivity contribution >= 4 is 28.5 Å². The lowest BCUT2D eigenvalue weighted by Gasteiger charge is -2.18. The summed E-state index contributed by atoms with van der Waals surface area (Å²) in [5, 5.41) is 12.9. The fourth-order valence-electron chi connectivity index (χ4n) is 3.42. The summed E-state index contributed by atoms with van der Waals surface area (Å²) in [5.41, 5.74) is 4.60. The smallest absolute Gasteiger partial charge is 0.257 e. The Morgan fingerprint density at radius 3 is 2.67 bits per heavy atom. The summed E-state index contributed by atoms with van der Waals surface area (Å²) in [6, 6.07) is 10.6. The monoisotopic (exact) mass is 408 g/mol. The van der Waals surface area contributed by atoms with Crippen LogP contribution in [0.4, 0.5) is 5.95 Å². The molecule has 0 aliphatic carbocycles. The molecule has 30 heavy (non-hydrogen) atoms. The Kier molecular flexibility index (Phi) is 5.54. The van der Waals surface area contributed by atoms with Crippen LogP contribution < -0.4 is 10.1 Å². The van der Waals surface area contributed by atoms with E-state index >= 15 is 0 Å². The molecular formula is C22H24N4O4. The molecule has 0 saturated heterocycles. The van der Waals surface area contributed by atoms with Gasteiger partial charge in [-0.05, 0) is 49.5 Å². The maximum absolute atomic E-state index is 12.7. The molecule has 0 radical (unpaired) electrons. The van der Waals surface area contributed by atoms with Crippen LogP contribution in [0.1, 0.15) is 27.7 Å². The maximum Gasteiger partial charge on any atom is 0.257 e. The minimum Gasteiger partial charge on any atom is -0.494 e. The summed E-state index contributed by atoms with van der Waals surface area (Å²) in [7, 11) is 5.15. The number of carbonyl (C=O) groups excluding carboxylic acids is 1. The zero-order chi connectivity index (χ0) is 21.3. The molecule has 8 nitrogen and oxygen atoms in total. The number of imidazole rings is 1. The Bertz CT molecular complexity index is 1100. The van der Waals surface area contributed by atoms with Gasteiger partial charge in [0.1, 0.15) is 23.0 Å². The minimum atomic E-state index is -0.725. The van der Waals surface area contributed by atoms with E-state index in [-0.39, 0.29) is 5.91 Å². The molecule has 2 aromatic carbocycles. The number of aliphatic hydroxyl groups is 1. The highest BCUT2D eigenvalue weighted by Gasteiger charge is 2.18. The number of carbonyl (C=O) groups is 1. The van der Waals surface area contributed by atoms with E-state index in [9.17, 15) is 9.90 Å². The van der Waals surface area contributed by atoms with Crippen molar-refractivity contribution in [1.29, 1.82) is 0 Å². The number of hydrogen-bond donors (Lipinski definition) is 3. The molecule has 8 heteroatoms. The molecule has 2 heterocycles. The van der Waals surface area contributed by atoms with Gasteiger partial charge in [0.15, 0.2) is 0 Å². The molecule has 0 bridgehead atoms. The van der Waals surface area contributed by atoms with Crippen molar-refractivity contribution in [2.24, 2.45) is 0 Å². The molecule has 1 aliphatic rings. The SMILES string of the molecule is COc1ccc(C2=CCOC2)c2nc(NC(=O)c3ccc(C(O)N(C)C)cc3)[nH]c12. The average molecular weight is 408 g/mol. The van der Waals surface area contributed by atoms with Crippen molar-refractivity contribution < 1.29 is 19.4 Å². The zero-order valence-electron chi connectivity index (χ0n) is 17.1. The topological polar surface area (TPSA) is 99.7 Å². The molecule has 0 saturated carbocycles. The summed E-state index contributed by atoms with van der Waals surface area (Å²) in [5.74, 6) is 0.671. The van der Waals surface area contributed by atoms with Gasteiger partial charge in [-0.25, -0.2) is 4.98 Å². The Morgan fingerprint density at radius 2 is 2.03 bits per heavy atom. The van der Waals surface area contributed by atoms with Gasteiger partial charge >= 0.3 is 0 Å². The third-order valence-corrected chi connectivity index (χ3v) is 5.07. The van der Waals surface area contributed by atoms with Crippen LogP contribution in [0.15, 0.2) is 42.5 Å². The van der Waals surface area contributed by atoms with Crippen LogP contribution in [-0.4, -0.2) is 60.3 Å². The van der Waals surface area contributed by atoms with Crippen molar-refractivity contribution in [2.75, 3.05) is 39.7 Å². The summed E-state index contributed by atoms with van der Waals surface area (Å²) >= 11 is 0. The van der Waals surface area contributed by atoms with Gasteiger partial charge in [0.05, 0.1) is 20.3 Å². The summed E-state index contributed by atoms with van der Waals surface area (Å²) < 4.78 is 10.9. The summed E-state index contributed by atoms with van der Waals surface area (Å²) in [6.45, 7) is 1.11. The highest BCUT2D eigenvalue weighted by Crippen LogP contribution is 2.33.